The quantitative estimate of drug-likeness (QED) is 0.0204. The number of fused-ring (bicyclic) bond motifs is 5. The van der Waals surface area contributed by atoms with Gasteiger partial charge in [0.05, 0.1) is 91.8 Å². The SMILES string of the molecule is CC(O)CC(C)O.CC(O)CC(C)O.CC(O)CC(C)O.COC(O)CC(O)OC.COC(O)CC(O)OC.Cc1nc2ccccc2nc1-c1[c-]cc(C#N)cc1.Cc1nc2ccccc2nc1-c1[c-]cc(C(F)(F)F)cc1.Cc1nc2ccccc2nc1-c1[c-]cc(Cl)cc1.Cc1nc2ccccc2nc1-c1[c-]cc(Cl)cc1.Cc1nc2ccccc2nc1-c1[c-]cc(F)cc1.[Pt].[Pt].[Pt].[Pt].[Pt]. The Hall–Kier alpha value is -8.43. The molecule has 10 atom stereocenters. The van der Waals surface area contributed by atoms with Crippen LogP contribution in [0.2, 0.25) is 10.0 Å². The molecule has 0 radical (unpaired) electrons. The van der Waals surface area contributed by atoms with Crippen molar-refractivity contribution in [1.82, 2.24) is 49.8 Å². The summed E-state index contributed by atoms with van der Waals surface area (Å²) in [6.45, 7) is 19.5. The number of hydrogen-bond acceptors (Lipinski definition) is 25. The minimum atomic E-state index is -4.36. The summed E-state index contributed by atoms with van der Waals surface area (Å²) in [5, 5.41) is 96.3. The molecule has 5 heterocycles. The second kappa shape index (κ2) is 66.4. The van der Waals surface area contributed by atoms with Crippen molar-refractivity contribution in [2.45, 2.75) is 176 Å². The van der Waals surface area contributed by atoms with Gasteiger partial charge < -0.3 is 70.0 Å². The van der Waals surface area contributed by atoms with E-state index < -0.39 is 36.9 Å². The fourth-order valence-electron chi connectivity index (χ4n) is 12.0. The van der Waals surface area contributed by atoms with E-state index in [9.17, 15) is 17.6 Å². The number of nitrogens with zero attached hydrogens (tertiary/aromatic N) is 11. The van der Waals surface area contributed by atoms with Gasteiger partial charge in [0.1, 0.15) is 0 Å². The predicted molar refractivity (Wildman–Crippen MR) is 508 cm³/mol. The molecular weight excluding hydrogens is 2730 g/mol. The van der Waals surface area contributed by atoms with Crippen LogP contribution in [0.4, 0.5) is 17.6 Å². The van der Waals surface area contributed by atoms with Gasteiger partial charge in [0.2, 0.25) is 0 Å². The molecule has 0 aliphatic rings. The van der Waals surface area contributed by atoms with E-state index in [0.29, 0.717) is 57.3 Å². The minimum absolute atomic E-state index is 0. The van der Waals surface area contributed by atoms with Crippen molar-refractivity contribution in [3.8, 4) is 62.4 Å². The third kappa shape index (κ3) is 45.2. The molecule has 10 aromatic carbocycles. The molecule has 5 aromatic heterocycles. The Morgan fingerprint density at radius 2 is 0.514 bits per heavy atom. The number of para-hydroxylation sites is 10. The summed E-state index contributed by atoms with van der Waals surface area (Å²) in [4.78, 5) is 45.5. The van der Waals surface area contributed by atoms with Gasteiger partial charge in [-0.3, -0.25) is 54.2 Å². The topological polar surface area (TPSA) is 392 Å². The van der Waals surface area contributed by atoms with Crippen molar-refractivity contribution >= 4 is 78.4 Å². The average Bonchev–Trinajstić information content (AvgIpc) is 0.815. The van der Waals surface area contributed by atoms with E-state index in [4.69, 9.17) is 79.5 Å². The molecule has 36 heteroatoms. The number of methoxy groups -OCH3 is 4. The van der Waals surface area contributed by atoms with Crippen LogP contribution in [0.25, 0.3) is 111 Å². The summed E-state index contributed by atoms with van der Waals surface area (Å²) in [5.74, 6) is -0.301. The first kappa shape index (κ1) is 128. The molecule has 0 saturated heterocycles. The van der Waals surface area contributed by atoms with Crippen LogP contribution in [0.1, 0.15) is 113 Å². The molecule has 0 spiro atoms. The number of alkyl halides is 3. The maximum Gasteiger partial charge on any atom is 0.381 e. The number of ether oxygens (including phenoxy) is 4. The summed E-state index contributed by atoms with van der Waals surface area (Å²) < 4.78 is 68.3. The van der Waals surface area contributed by atoms with Crippen molar-refractivity contribution in [2.24, 2.45) is 0 Å². The van der Waals surface area contributed by atoms with Crippen molar-refractivity contribution in [2.75, 3.05) is 28.4 Å². The van der Waals surface area contributed by atoms with Crippen LogP contribution in [0, 0.1) is 82.1 Å². The molecule has 138 heavy (non-hydrogen) atoms. The number of aliphatic hydroxyl groups is 10. The van der Waals surface area contributed by atoms with Gasteiger partial charge in [-0.15, -0.1) is 172 Å². The van der Waals surface area contributed by atoms with Gasteiger partial charge in [0.15, 0.2) is 25.2 Å². The smallest absolute Gasteiger partial charge is 0.381 e. The molecule has 0 bridgehead atoms. The zero-order valence-electron chi connectivity index (χ0n) is 77.9. The van der Waals surface area contributed by atoms with E-state index in [2.05, 4.69) is 105 Å². The Kier molecular flexibility index (Phi) is 61.3. The summed E-state index contributed by atoms with van der Waals surface area (Å²) >= 11 is 11.7. The fraction of sp³-hybridized carbons (Fsp3) is 0.304. The number of benzene rings is 10. The first-order valence-corrected chi connectivity index (χ1v) is 42.6. The van der Waals surface area contributed by atoms with Crippen LogP contribution in [0.15, 0.2) is 212 Å². The van der Waals surface area contributed by atoms with Crippen molar-refractivity contribution in [3.63, 3.8) is 0 Å². The molecule has 0 fully saturated rings. The summed E-state index contributed by atoms with van der Waals surface area (Å²) in [6, 6.07) is 79.4. The van der Waals surface area contributed by atoms with Gasteiger partial charge in [0, 0.05) is 215 Å². The van der Waals surface area contributed by atoms with Gasteiger partial charge in [-0.05, 0) is 177 Å². The fourth-order valence-corrected chi connectivity index (χ4v) is 12.2. The maximum absolute atomic E-state index is 12.9. The number of nitriles is 1. The normalized spacial score (nSPS) is 12.6. The van der Waals surface area contributed by atoms with Crippen LogP contribution in [-0.2, 0) is 130 Å². The van der Waals surface area contributed by atoms with E-state index in [1.807, 2.05) is 179 Å². The summed E-state index contributed by atoms with van der Waals surface area (Å²) in [5.41, 5.74) is 20.2. The zero-order valence-corrected chi connectivity index (χ0v) is 90.8. The molecule has 10 N–H and O–H groups in total. The monoisotopic (exact) mass is 2830 g/mol. The standard InChI is InChI=1S/C16H10F3N2.C16H10N3.2C15H10ClN2.C15H10FN2.2C5H12O4.3C5H12O2.5Pt/c1-10-15(21-14-5-3-2-4-13(14)20-10)11-6-8-12(9-7-11)16(17,18)19;1-11-16(13-8-6-12(10-17)7-9-13)19-15-5-3-2-4-14(15)18-11;3*1-10-15(11-6-8-12(16)9-7-11)18-14-5-3-2-4-13(14)17-10;2*1-8-4(6)3-5(7)9-2;3*1-4(6)3-5(2)7;;;;;/h2-6,8-9H,1H3;2-8H,1H3;3*2-6,8-9H,1H3;2*4-7H,3H2,1-2H3;3*4-7H,3H2,1-2H3;;;;;/q5*-1;;;;;;;;;;. The van der Waals surface area contributed by atoms with Crippen LogP contribution >= 0.6 is 23.2 Å². The molecule has 10 unspecified atom stereocenters. The van der Waals surface area contributed by atoms with Gasteiger partial charge >= 0.3 is 6.18 Å². The van der Waals surface area contributed by atoms with Gasteiger partial charge in [0.25, 0.3) is 0 Å². The minimum Gasteiger partial charge on any atom is -0.393 e. The first-order chi connectivity index (χ1) is 63.2. The third-order valence-corrected chi connectivity index (χ3v) is 18.8. The van der Waals surface area contributed by atoms with Gasteiger partial charge in [-0.25, -0.2) is 5.26 Å². The molecule has 0 aliphatic heterocycles. The van der Waals surface area contributed by atoms with Gasteiger partial charge in [-0.1, -0.05) is 60.7 Å². The number of hydrogen-bond donors (Lipinski definition) is 10. The number of rotatable bonds is 19. The molecule has 0 saturated carbocycles. The molecular formula is C102H110Cl2F4N11O14Pt5-5. The molecule has 15 aromatic rings. The second-order valence-electron chi connectivity index (χ2n) is 30.1. The molecule has 0 aliphatic carbocycles. The summed E-state index contributed by atoms with van der Waals surface area (Å²) in [7, 11) is 5.42. The second-order valence-corrected chi connectivity index (χ2v) is 31.0. The zero-order chi connectivity index (χ0) is 98.0. The van der Waals surface area contributed by atoms with Crippen LogP contribution in [0.3, 0.4) is 0 Å². The Labute approximate surface area is 883 Å². The Bertz CT molecular complexity index is 5700. The summed E-state index contributed by atoms with van der Waals surface area (Å²) in [6.07, 6.45) is -8.82. The third-order valence-electron chi connectivity index (χ3n) is 18.3. The van der Waals surface area contributed by atoms with Crippen LogP contribution < -0.4 is 0 Å². The van der Waals surface area contributed by atoms with Crippen molar-refractivity contribution in [3.05, 3.63) is 298 Å². The molecule has 754 valence electrons. The Morgan fingerprint density at radius 1 is 0.304 bits per heavy atom. The molecule has 15 rings (SSSR count). The van der Waals surface area contributed by atoms with Crippen molar-refractivity contribution < 1.29 is 193 Å². The van der Waals surface area contributed by atoms with E-state index in [-0.39, 0.29) is 161 Å². The molecule has 0 amide bonds. The largest absolute Gasteiger partial charge is 0.393 e. The number of aryl methyl sites for hydroxylation is 5. The van der Waals surface area contributed by atoms with Gasteiger partial charge in [-0.2, -0.15) is 13.2 Å². The number of halogens is 6. The Balaban J connectivity index is 0.000000783. The average molecular weight is 2840 g/mol. The number of aromatic nitrogens is 10. The van der Waals surface area contributed by atoms with E-state index in [0.717, 1.165) is 130 Å². The van der Waals surface area contributed by atoms with E-state index >= 15 is 0 Å². The van der Waals surface area contributed by atoms with Crippen molar-refractivity contribution in [1.29, 1.82) is 5.26 Å². The van der Waals surface area contributed by atoms with Crippen LogP contribution in [-0.4, -0.2) is 191 Å². The van der Waals surface area contributed by atoms with E-state index in [1.165, 1.54) is 46.6 Å². The Morgan fingerprint density at radius 3 is 0.681 bits per heavy atom. The van der Waals surface area contributed by atoms with E-state index in [1.54, 1.807) is 78.8 Å². The number of aliphatic hydroxyl groups excluding tert-OH is 10. The maximum atomic E-state index is 12.9. The molecule has 25 nitrogen and oxygen atoms in total. The first-order valence-electron chi connectivity index (χ1n) is 41.9. The van der Waals surface area contributed by atoms with Crippen LogP contribution in [0.5, 0.6) is 0 Å². The predicted octanol–water partition coefficient (Wildman–Crippen LogP) is 18.4.